The van der Waals surface area contributed by atoms with Crippen molar-refractivity contribution in [1.29, 1.82) is 0 Å². The highest BCUT2D eigenvalue weighted by Crippen LogP contribution is 2.12. The maximum Gasteiger partial charge on any atom is 0.307 e. The minimum absolute atomic E-state index is 0.104. The Hall–Kier alpha value is -2.16. The molecule has 0 saturated carbocycles. The van der Waals surface area contributed by atoms with Crippen LogP contribution in [0, 0.1) is 0 Å². The highest BCUT2D eigenvalue weighted by atomic mass is 32.1. The molecule has 0 radical (unpaired) electrons. The summed E-state index contributed by atoms with van der Waals surface area (Å²) in [5.41, 5.74) is 6.38. The van der Waals surface area contributed by atoms with Crippen molar-refractivity contribution in [2.75, 3.05) is 25.9 Å². The molecule has 0 atom stereocenters. The van der Waals surface area contributed by atoms with Crippen LogP contribution in [-0.2, 0) is 25.5 Å². The number of aryl methyl sites for hydroxylation is 1. The SMILES string of the molecule is COC(=O)CCNC(=O)CNC(=O)CCCc1csc(N)n1. The van der Waals surface area contributed by atoms with Gasteiger partial charge in [-0.2, -0.15) is 0 Å². The largest absolute Gasteiger partial charge is 0.469 e. The molecule has 0 aliphatic rings. The van der Waals surface area contributed by atoms with Gasteiger partial charge in [0.25, 0.3) is 0 Å². The molecule has 0 aromatic carbocycles. The second-order valence-electron chi connectivity index (χ2n) is 4.48. The Morgan fingerprint density at radius 3 is 2.68 bits per heavy atom. The van der Waals surface area contributed by atoms with Crippen molar-refractivity contribution in [3.8, 4) is 0 Å². The zero-order chi connectivity index (χ0) is 16.4. The van der Waals surface area contributed by atoms with Crippen LogP contribution in [0.25, 0.3) is 0 Å². The smallest absolute Gasteiger partial charge is 0.307 e. The van der Waals surface area contributed by atoms with Gasteiger partial charge < -0.3 is 21.1 Å². The number of amides is 2. The summed E-state index contributed by atoms with van der Waals surface area (Å²) in [5.74, 6) is -0.942. The standard InChI is InChI=1S/C13H20N4O4S/c1-21-12(20)5-6-15-11(19)7-16-10(18)4-2-3-9-8-22-13(14)17-9/h8H,2-7H2,1H3,(H2,14,17)(H,15,19)(H,16,18). The van der Waals surface area contributed by atoms with E-state index in [1.54, 1.807) is 0 Å². The van der Waals surface area contributed by atoms with E-state index in [0.29, 0.717) is 24.4 Å². The van der Waals surface area contributed by atoms with Gasteiger partial charge in [0.05, 0.1) is 25.8 Å². The molecule has 122 valence electrons. The Labute approximate surface area is 132 Å². The van der Waals surface area contributed by atoms with Gasteiger partial charge >= 0.3 is 5.97 Å². The topological polar surface area (TPSA) is 123 Å². The number of anilines is 1. The Morgan fingerprint density at radius 1 is 1.27 bits per heavy atom. The summed E-state index contributed by atoms with van der Waals surface area (Å²) in [6, 6.07) is 0. The van der Waals surface area contributed by atoms with Gasteiger partial charge in [-0.3, -0.25) is 14.4 Å². The third-order valence-electron chi connectivity index (χ3n) is 2.73. The van der Waals surface area contributed by atoms with E-state index < -0.39 is 5.97 Å². The van der Waals surface area contributed by atoms with E-state index >= 15 is 0 Å². The monoisotopic (exact) mass is 328 g/mol. The van der Waals surface area contributed by atoms with E-state index in [4.69, 9.17) is 5.73 Å². The second kappa shape index (κ2) is 9.72. The lowest BCUT2D eigenvalue weighted by Gasteiger charge is -2.06. The van der Waals surface area contributed by atoms with Gasteiger partial charge in [0.15, 0.2) is 5.13 Å². The molecule has 0 aliphatic heterocycles. The Bertz CT molecular complexity index is 518. The molecule has 0 bridgehead atoms. The zero-order valence-corrected chi connectivity index (χ0v) is 13.2. The Balaban J connectivity index is 2.07. The summed E-state index contributed by atoms with van der Waals surface area (Å²) in [6.45, 7) is 0.0796. The molecule has 0 aliphatic carbocycles. The normalized spacial score (nSPS) is 10.0. The van der Waals surface area contributed by atoms with Crippen molar-refractivity contribution in [3.05, 3.63) is 11.1 Å². The first-order valence-electron chi connectivity index (χ1n) is 6.81. The molecule has 1 heterocycles. The number of nitrogens with two attached hydrogens (primary N) is 1. The summed E-state index contributed by atoms with van der Waals surface area (Å²) in [7, 11) is 1.28. The van der Waals surface area contributed by atoms with Crippen LogP contribution in [0.2, 0.25) is 0 Å². The van der Waals surface area contributed by atoms with Crippen molar-refractivity contribution >= 4 is 34.3 Å². The number of nitrogens with one attached hydrogen (secondary N) is 2. The lowest BCUT2D eigenvalue weighted by atomic mass is 10.2. The van der Waals surface area contributed by atoms with Gasteiger partial charge in [-0.05, 0) is 12.8 Å². The van der Waals surface area contributed by atoms with Crippen LogP contribution in [0.15, 0.2) is 5.38 Å². The number of aromatic nitrogens is 1. The molecule has 8 nitrogen and oxygen atoms in total. The van der Waals surface area contributed by atoms with Crippen molar-refractivity contribution in [2.24, 2.45) is 0 Å². The molecule has 9 heteroatoms. The van der Waals surface area contributed by atoms with Gasteiger partial charge in [-0.25, -0.2) is 4.98 Å². The lowest BCUT2D eigenvalue weighted by molar-refractivity contribution is -0.140. The summed E-state index contributed by atoms with van der Waals surface area (Å²) in [4.78, 5) is 37.9. The first kappa shape index (κ1) is 17.9. The van der Waals surface area contributed by atoms with Crippen LogP contribution < -0.4 is 16.4 Å². The maximum absolute atomic E-state index is 11.6. The minimum atomic E-state index is -0.396. The number of carbonyl (C=O) groups is 3. The molecule has 0 fully saturated rings. The van der Waals surface area contributed by atoms with Crippen LogP contribution >= 0.6 is 11.3 Å². The number of nitrogens with zero attached hydrogens (tertiary/aromatic N) is 1. The maximum atomic E-state index is 11.6. The fourth-order valence-corrected chi connectivity index (χ4v) is 2.20. The number of carbonyl (C=O) groups excluding carboxylic acids is 3. The van der Waals surface area contributed by atoms with Gasteiger partial charge in [0, 0.05) is 18.3 Å². The quantitative estimate of drug-likeness (QED) is 0.541. The molecular formula is C13H20N4O4S. The number of methoxy groups -OCH3 is 1. The van der Waals surface area contributed by atoms with Crippen LogP contribution in [0.1, 0.15) is 25.0 Å². The summed E-state index contributed by atoms with van der Waals surface area (Å²) >= 11 is 1.37. The Kier molecular flexibility index (Phi) is 7.90. The van der Waals surface area contributed by atoms with Crippen molar-refractivity contribution < 1.29 is 19.1 Å². The number of esters is 1. The molecule has 22 heavy (non-hydrogen) atoms. The van der Waals surface area contributed by atoms with Crippen LogP contribution in [-0.4, -0.2) is 43.0 Å². The number of rotatable bonds is 9. The number of ether oxygens (including phenoxy) is 1. The number of thiazole rings is 1. The van der Waals surface area contributed by atoms with Crippen molar-refractivity contribution in [2.45, 2.75) is 25.7 Å². The zero-order valence-electron chi connectivity index (χ0n) is 12.4. The third-order valence-corrected chi connectivity index (χ3v) is 3.45. The van der Waals surface area contributed by atoms with Gasteiger partial charge in [-0.15, -0.1) is 11.3 Å². The van der Waals surface area contributed by atoms with E-state index in [2.05, 4.69) is 20.4 Å². The van der Waals surface area contributed by atoms with Gasteiger partial charge in [0.2, 0.25) is 11.8 Å². The minimum Gasteiger partial charge on any atom is -0.469 e. The van der Waals surface area contributed by atoms with Gasteiger partial charge in [0.1, 0.15) is 0 Å². The predicted octanol–water partition coefficient (Wildman–Crippen LogP) is -0.156. The van der Waals surface area contributed by atoms with Crippen LogP contribution in [0.5, 0.6) is 0 Å². The first-order chi connectivity index (χ1) is 10.5. The number of nitrogen functional groups attached to an aromatic ring is 1. The highest BCUT2D eigenvalue weighted by Gasteiger charge is 2.07. The fraction of sp³-hybridized carbons (Fsp3) is 0.538. The van der Waals surface area contributed by atoms with Crippen LogP contribution in [0.3, 0.4) is 0 Å². The molecule has 1 aromatic heterocycles. The van der Waals surface area contributed by atoms with E-state index in [1.807, 2.05) is 5.38 Å². The lowest BCUT2D eigenvalue weighted by Crippen LogP contribution is -2.37. The van der Waals surface area contributed by atoms with E-state index in [9.17, 15) is 14.4 Å². The van der Waals surface area contributed by atoms with E-state index in [1.165, 1.54) is 18.4 Å². The molecular weight excluding hydrogens is 308 g/mol. The molecule has 0 unspecified atom stereocenters. The summed E-state index contributed by atoms with van der Waals surface area (Å²) in [6.07, 6.45) is 1.73. The average molecular weight is 328 g/mol. The molecule has 1 aromatic rings. The molecule has 4 N–H and O–H groups in total. The highest BCUT2D eigenvalue weighted by molar-refractivity contribution is 7.13. The number of hydrogen-bond acceptors (Lipinski definition) is 7. The molecule has 2 amide bonds. The van der Waals surface area contributed by atoms with Crippen LogP contribution in [0.4, 0.5) is 5.13 Å². The van der Waals surface area contributed by atoms with Crippen molar-refractivity contribution in [1.82, 2.24) is 15.6 Å². The molecule has 1 rings (SSSR count). The molecule has 0 saturated heterocycles. The van der Waals surface area contributed by atoms with Crippen molar-refractivity contribution in [3.63, 3.8) is 0 Å². The molecule has 0 spiro atoms. The summed E-state index contributed by atoms with van der Waals surface area (Å²) < 4.78 is 4.44. The van der Waals surface area contributed by atoms with E-state index in [0.717, 1.165) is 5.69 Å². The Morgan fingerprint density at radius 2 is 2.05 bits per heavy atom. The fourth-order valence-electron chi connectivity index (χ4n) is 1.60. The van der Waals surface area contributed by atoms with Gasteiger partial charge in [-0.1, -0.05) is 0 Å². The predicted molar refractivity (Wildman–Crippen MR) is 82.1 cm³/mol. The number of hydrogen-bond donors (Lipinski definition) is 3. The third kappa shape index (κ3) is 7.58. The average Bonchev–Trinajstić information content (AvgIpc) is 2.90. The first-order valence-corrected chi connectivity index (χ1v) is 7.69. The van der Waals surface area contributed by atoms with E-state index in [-0.39, 0.29) is 31.3 Å². The second-order valence-corrected chi connectivity index (χ2v) is 5.37. The summed E-state index contributed by atoms with van der Waals surface area (Å²) in [5, 5.41) is 7.41.